The summed E-state index contributed by atoms with van der Waals surface area (Å²) in [5, 5.41) is 15.3. The molecule has 3 rings (SSSR count). The minimum absolute atomic E-state index is 0.00880. The highest BCUT2D eigenvalue weighted by molar-refractivity contribution is 5.90. The van der Waals surface area contributed by atoms with Crippen molar-refractivity contribution in [3.63, 3.8) is 0 Å². The molecule has 20 heavy (non-hydrogen) atoms. The zero-order valence-corrected chi connectivity index (χ0v) is 11.6. The van der Waals surface area contributed by atoms with Crippen molar-refractivity contribution in [1.29, 1.82) is 0 Å². The number of fused-ring (bicyclic) bond motifs is 1. The topological polar surface area (TPSA) is 60.0 Å². The Bertz CT molecular complexity index is 875. The Morgan fingerprint density at radius 1 is 1.20 bits per heavy atom. The van der Waals surface area contributed by atoms with Crippen LogP contribution in [-0.4, -0.2) is 19.5 Å². The first kappa shape index (κ1) is 12.5. The molecule has 0 saturated carbocycles. The van der Waals surface area contributed by atoms with E-state index < -0.39 is 0 Å². The Hall–Kier alpha value is -2.56. The van der Waals surface area contributed by atoms with Gasteiger partial charge in [-0.3, -0.25) is 14.0 Å². The SMILES string of the molecule is Cc1ccccc1-c1c(O)c2cn(C)nc2n(C)c1=O. The van der Waals surface area contributed by atoms with Crippen LogP contribution in [0.15, 0.2) is 35.3 Å². The number of rotatable bonds is 1. The molecule has 0 aliphatic carbocycles. The highest BCUT2D eigenvalue weighted by Crippen LogP contribution is 2.33. The first-order valence-electron chi connectivity index (χ1n) is 6.32. The monoisotopic (exact) mass is 269 g/mol. The number of aromatic nitrogens is 3. The Kier molecular flexibility index (Phi) is 2.64. The number of pyridine rings is 1. The van der Waals surface area contributed by atoms with Crippen LogP contribution in [0.2, 0.25) is 0 Å². The quantitative estimate of drug-likeness (QED) is 0.734. The van der Waals surface area contributed by atoms with Crippen LogP contribution in [0.4, 0.5) is 0 Å². The van der Waals surface area contributed by atoms with Gasteiger partial charge in [0, 0.05) is 20.3 Å². The van der Waals surface area contributed by atoms with Crippen molar-refractivity contribution in [2.24, 2.45) is 14.1 Å². The summed E-state index contributed by atoms with van der Waals surface area (Å²) in [7, 11) is 3.43. The van der Waals surface area contributed by atoms with Gasteiger partial charge in [-0.25, -0.2) is 0 Å². The van der Waals surface area contributed by atoms with Crippen LogP contribution in [0.1, 0.15) is 5.56 Å². The summed E-state index contributed by atoms with van der Waals surface area (Å²) in [5.41, 5.74) is 2.25. The van der Waals surface area contributed by atoms with E-state index in [1.807, 2.05) is 31.2 Å². The Morgan fingerprint density at radius 3 is 2.60 bits per heavy atom. The number of aromatic hydroxyl groups is 1. The number of aryl methyl sites for hydroxylation is 3. The van der Waals surface area contributed by atoms with E-state index in [4.69, 9.17) is 0 Å². The van der Waals surface area contributed by atoms with Gasteiger partial charge < -0.3 is 5.11 Å². The molecular weight excluding hydrogens is 254 g/mol. The number of hydrogen-bond acceptors (Lipinski definition) is 3. The maximum atomic E-state index is 12.5. The molecule has 0 bridgehead atoms. The summed E-state index contributed by atoms with van der Waals surface area (Å²) < 4.78 is 3.06. The van der Waals surface area contributed by atoms with Gasteiger partial charge in [-0.1, -0.05) is 24.3 Å². The summed E-state index contributed by atoms with van der Waals surface area (Å²) in [6.45, 7) is 1.92. The maximum Gasteiger partial charge on any atom is 0.263 e. The second kappa shape index (κ2) is 4.23. The number of hydrogen-bond donors (Lipinski definition) is 1. The molecule has 0 fully saturated rings. The zero-order chi connectivity index (χ0) is 14.4. The van der Waals surface area contributed by atoms with E-state index in [0.717, 1.165) is 11.1 Å². The molecule has 0 aliphatic heterocycles. The summed E-state index contributed by atoms with van der Waals surface area (Å²) in [6, 6.07) is 7.52. The van der Waals surface area contributed by atoms with E-state index >= 15 is 0 Å². The molecular formula is C15H15N3O2. The van der Waals surface area contributed by atoms with Gasteiger partial charge in [0.15, 0.2) is 5.65 Å². The average molecular weight is 269 g/mol. The summed E-state index contributed by atoms with van der Waals surface area (Å²) >= 11 is 0. The van der Waals surface area contributed by atoms with Gasteiger partial charge in [-0.05, 0) is 18.1 Å². The van der Waals surface area contributed by atoms with Gasteiger partial charge in [0.25, 0.3) is 5.56 Å². The third kappa shape index (κ3) is 1.63. The van der Waals surface area contributed by atoms with Crippen LogP contribution < -0.4 is 5.56 Å². The van der Waals surface area contributed by atoms with Crippen molar-refractivity contribution in [1.82, 2.24) is 14.3 Å². The lowest BCUT2D eigenvalue weighted by Gasteiger charge is -2.10. The molecule has 2 heterocycles. The fraction of sp³-hybridized carbons (Fsp3) is 0.200. The van der Waals surface area contributed by atoms with Gasteiger partial charge in [0.05, 0.1) is 10.9 Å². The Morgan fingerprint density at radius 2 is 1.90 bits per heavy atom. The first-order chi connectivity index (χ1) is 9.50. The molecule has 102 valence electrons. The largest absolute Gasteiger partial charge is 0.506 e. The van der Waals surface area contributed by atoms with Crippen molar-refractivity contribution < 1.29 is 5.11 Å². The molecule has 1 aromatic carbocycles. The fourth-order valence-electron chi connectivity index (χ4n) is 2.49. The van der Waals surface area contributed by atoms with E-state index in [1.165, 1.54) is 4.57 Å². The van der Waals surface area contributed by atoms with Gasteiger partial charge in [0.1, 0.15) is 5.75 Å². The van der Waals surface area contributed by atoms with E-state index in [0.29, 0.717) is 16.6 Å². The van der Waals surface area contributed by atoms with Crippen LogP contribution >= 0.6 is 0 Å². The lowest BCUT2D eigenvalue weighted by atomic mass is 10.00. The molecule has 0 saturated heterocycles. The summed E-state index contributed by atoms with van der Waals surface area (Å²) in [5.74, 6) is -0.00880. The average Bonchev–Trinajstić information content (AvgIpc) is 2.81. The van der Waals surface area contributed by atoms with Crippen LogP contribution in [0.25, 0.3) is 22.2 Å². The van der Waals surface area contributed by atoms with Crippen molar-refractivity contribution >= 4 is 11.0 Å². The van der Waals surface area contributed by atoms with Crippen LogP contribution in [0.3, 0.4) is 0 Å². The van der Waals surface area contributed by atoms with Gasteiger partial charge in [-0.2, -0.15) is 5.10 Å². The molecule has 5 heteroatoms. The summed E-state index contributed by atoms with van der Waals surface area (Å²) in [6.07, 6.45) is 1.71. The van der Waals surface area contributed by atoms with Crippen LogP contribution in [-0.2, 0) is 14.1 Å². The molecule has 3 aromatic rings. The minimum atomic E-state index is -0.247. The molecule has 0 atom stereocenters. The normalized spacial score (nSPS) is 11.2. The molecule has 2 aromatic heterocycles. The van der Waals surface area contributed by atoms with E-state index in [2.05, 4.69) is 5.10 Å². The van der Waals surface area contributed by atoms with Gasteiger partial charge in [-0.15, -0.1) is 0 Å². The fourth-order valence-corrected chi connectivity index (χ4v) is 2.49. The highest BCUT2D eigenvalue weighted by atomic mass is 16.3. The molecule has 5 nitrogen and oxygen atoms in total. The van der Waals surface area contributed by atoms with Crippen molar-refractivity contribution in [2.45, 2.75) is 6.92 Å². The smallest absolute Gasteiger partial charge is 0.263 e. The molecule has 1 N–H and O–H groups in total. The number of nitrogens with zero attached hydrogens (tertiary/aromatic N) is 3. The van der Waals surface area contributed by atoms with Crippen molar-refractivity contribution in [3.05, 3.63) is 46.4 Å². The maximum absolute atomic E-state index is 12.5. The van der Waals surface area contributed by atoms with Crippen LogP contribution in [0, 0.1) is 6.92 Å². The van der Waals surface area contributed by atoms with Gasteiger partial charge >= 0.3 is 0 Å². The predicted octanol–water partition coefficient (Wildman–Crippen LogP) is 1.95. The van der Waals surface area contributed by atoms with Crippen LogP contribution in [0.5, 0.6) is 5.75 Å². The predicted molar refractivity (Wildman–Crippen MR) is 77.8 cm³/mol. The third-order valence-electron chi connectivity index (χ3n) is 3.55. The second-order valence-electron chi connectivity index (χ2n) is 4.94. The first-order valence-corrected chi connectivity index (χ1v) is 6.32. The van der Waals surface area contributed by atoms with Crippen molar-refractivity contribution in [2.75, 3.05) is 0 Å². The second-order valence-corrected chi connectivity index (χ2v) is 4.94. The zero-order valence-electron chi connectivity index (χ0n) is 11.6. The summed E-state index contributed by atoms with van der Waals surface area (Å²) in [4.78, 5) is 12.5. The van der Waals surface area contributed by atoms with Gasteiger partial charge in [0.2, 0.25) is 0 Å². The van der Waals surface area contributed by atoms with Crippen molar-refractivity contribution in [3.8, 4) is 16.9 Å². The molecule has 0 aliphatic rings. The van der Waals surface area contributed by atoms with E-state index in [-0.39, 0.29) is 11.3 Å². The lowest BCUT2D eigenvalue weighted by molar-refractivity contribution is 0.481. The third-order valence-corrected chi connectivity index (χ3v) is 3.55. The highest BCUT2D eigenvalue weighted by Gasteiger charge is 2.19. The molecule has 0 unspecified atom stereocenters. The molecule has 0 radical (unpaired) electrons. The van der Waals surface area contributed by atoms with E-state index in [1.54, 1.807) is 25.0 Å². The standard InChI is InChI=1S/C15H15N3O2/c1-9-6-4-5-7-10(9)12-13(19)11-8-17(2)16-14(11)18(3)15(12)20/h4-8,19H,1-3H3. The number of benzene rings is 1. The Balaban J connectivity index is 2.49. The Labute approximate surface area is 115 Å². The van der Waals surface area contributed by atoms with E-state index in [9.17, 15) is 9.90 Å². The minimum Gasteiger partial charge on any atom is -0.506 e. The molecule has 0 spiro atoms. The lowest BCUT2D eigenvalue weighted by Crippen LogP contribution is -2.19. The molecule has 0 amide bonds.